The molecule has 0 unspecified atom stereocenters. The molecule has 1 heterocycles. The Labute approximate surface area is 68.5 Å². The first-order valence-corrected chi connectivity index (χ1v) is 3.30. The molecular weight excluding hydrogens is 162 g/mol. The summed E-state index contributed by atoms with van der Waals surface area (Å²) in [5.41, 5.74) is 0.398. The molecular formula is C8H6F2N2. The lowest BCUT2D eigenvalue weighted by atomic mass is 10.2. The van der Waals surface area contributed by atoms with Gasteiger partial charge >= 0.3 is 0 Å². The predicted molar refractivity (Wildman–Crippen MR) is 38.6 cm³/mol. The van der Waals surface area contributed by atoms with Crippen LogP contribution >= 0.6 is 0 Å². The van der Waals surface area contributed by atoms with Gasteiger partial charge in [0.15, 0.2) is 0 Å². The number of nitrogens with zero attached hydrogens (tertiary/aromatic N) is 2. The summed E-state index contributed by atoms with van der Waals surface area (Å²) in [5, 5.41) is 8.41. The van der Waals surface area contributed by atoms with Crippen LogP contribution in [0.5, 0.6) is 0 Å². The van der Waals surface area contributed by atoms with E-state index >= 15 is 0 Å². The van der Waals surface area contributed by atoms with Crippen molar-refractivity contribution in [2.75, 3.05) is 0 Å². The fourth-order valence-corrected chi connectivity index (χ4v) is 0.875. The van der Waals surface area contributed by atoms with E-state index in [0.29, 0.717) is 11.1 Å². The maximum atomic E-state index is 12.1. The van der Waals surface area contributed by atoms with Gasteiger partial charge in [-0.2, -0.15) is 5.26 Å². The Morgan fingerprint density at radius 2 is 2.25 bits per heavy atom. The normalized spacial score (nSPS) is 9.92. The van der Waals surface area contributed by atoms with Gasteiger partial charge in [0.2, 0.25) is 0 Å². The van der Waals surface area contributed by atoms with E-state index in [9.17, 15) is 8.78 Å². The molecule has 0 fully saturated rings. The molecule has 0 N–H and O–H groups in total. The molecule has 12 heavy (non-hydrogen) atoms. The quantitative estimate of drug-likeness (QED) is 0.644. The highest BCUT2D eigenvalue weighted by molar-refractivity contribution is 5.32. The highest BCUT2D eigenvalue weighted by Gasteiger charge is 2.11. The van der Waals surface area contributed by atoms with Gasteiger partial charge in [-0.25, -0.2) is 8.78 Å². The monoisotopic (exact) mass is 168 g/mol. The highest BCUT2D eigenvalue weighted by atomic mass is 19.3. The minimum absolute atomic E-state index is 0.256. The molecule has 2 nitrogen and oxygen atoms in total. The molecule has 62 valence electrons. The summed E-state index contributed by atoms with van der Waals surface area (Å²) in [5.74, 6) is 0. The number of rotatable bonds is 1. The molecule has 0 spiro atoms. The summed E-state index contributed by atoms with van der Waals surface area (Å²) in [6.07, 6.45) is -1.42. The van der Waals surface area contributed by atoms with Gasteiger partial charge in [0.05, 0.1) is 5.56 Å². The minimum Gasteiger partial charge on any atom is -0.254 e. The van der Waals surface area contributed by atoms with Gasteiger partial charge in [0, 0.05) is 6.20 Å². The van der Waals surface area contributed by atoms with E-state index in [2.05, 4.69) is 4.98 Å². The zero-order valence-electron chi connectivity index (χ0n) is 6.38. The second-order valence-corrected chi connectivity index (χ2v) is 2.34. The molecule has 0 amide bonds. The number of hydrogen-bond donors (Lipinski definition) is 0. The molecule has 1 aromatic heterocycles. The number of halogens is 2. The van der Waals surface area contributed by atoms with Crippen LogP contribution in [0.25, 0.3) is 0 Å². The molecule has 0 aliphatic carbocycles. The van der Waals surface area contributed by atoms with Crippen molar-refractivity contribution in [1.82, 2.24) is 4.98 Å². The largest absolute Gasteiger partial charge is 0.280 e. The van der Waals surface area contributed by atoms with Crippen LogP contribution in [0.15, 0.2) is 12.3 Å². The number of hydrogen-bond acceptors (Lipinski definition) is 2. The van der Waals surface area contributed by atoms with Gasteiger partial charge in [-0.1, -0.05) is 0 Å². The Balaban J connectivity index is 3.14. The van der Waals surface area contributed by atoms with Crippen LogP contribution in [-0.2, 0) is 0 Å². The van der Waals surface area contributed by atoms with Crippen LogP contribution in [0.1, 0.15) is 23.2 Å². The number of alkyl halides is 2. The fourth-order valence-electron chi connectivity index (χ4n) is 0.875. The van der Waals surface area contributed by atoms with Crippen LogP contribution < -0.4 is 0 Å². The van der Waals surface area contributed by atoms with Gasteiger partial charge < -0.3 is 0 Å². The van der Waals surface area contributed by atoms with Crippen molar-refractivity contribution in [3.63, 3.8) is 0 Å². The third kappa shape index (κ3) is 1.56. The van der Waals surface area contributed by atoms with E-state index in [1.54, 1.807) is 0 Å². The summed E-state index contributed by atoms with van der Waals surface area (Å²) < 4.78 is 24.2. The van der Waals surface area contributed by atoms with Crippen molar-refractivity contribution in [3.8, 4) is 6.07 Å². The van der Waals surface area contributed by atoms with Crippen molar-refractivity contribution in [1.29, 1.82) is 5.26 Å². The SMILES string of the molecule is Cc1cc(C#N)cnc1C(F)F. The van der Waals surface area contributed by atoms with Crippen LogP contribution in [0.4, 0.5) is 8.78 Å². The number of aromatic nitrogens is 1. The van der Waals surface area contributed by atoms with Crippen LogP contribution in [-0.4, -0.2) is 4.98 Å². The molecule has 0 aliphatic rings. The van der Waals surface area contributed by atoms with E-state index in [1.165, 1.54) is 13.0 Å². The van der Waals surface area contributed by atoms with E-state index in [0.717, 1.165) is 6.20 Å². The van der Waals surface area contributed by atoms with E-state index in [4.69, 9.17) is 5.26 Å². The molecule has 0 aliphatic heterocycles. The number of nitriles is 1. The van der Waals surface area contributed by atoms with Crippen LogP contribution in [0.2, 0.25) is 0 Å². The zero-order valence-corrected chi connectivity index (χ0v) is 6.38. The first kappa shape index (κ1) is 8.60. The lowest BCUT2D eigenvalue weighted by Gasteiger charge is -2.01. The third-order valence-electron chi connectivity index (χ3n) is 1.45. The summed E-state index contributed by atoms with van der Waals surface area (Å²) >= 11 is 0. The minimum atomic E-state index is -2.57. The maximum absolute atomic E-state index is 12.1. The molecule has 0 saturated carbocycles. The molecule has 0 saturated heterocycles. The molecule has 4 heteroatoms. The Hall–Kier alpha value is -1.50. The standard InChI is InChI=1S/C8H6F2N2/c1-5-2-6(3-11)4-12-7(5)8(9)10/h2,4,8H,1H3. The summed E-state index contributed by atoms with van der Waals surface area (Å²) in [6, 6.07) is 3.22. The second-order valence-electron chi connectivity index (χ2n) is 2.34. The van der Waals surface area contributed by atoms with Crippen molar-refractivity contribution in [3.05, 3.63) is 29.1 Å². The summed E-state index contributed by atoms with van der Waals surface area (Å²) in [4.78, 5) is 3.48. The Morgan fingerprint density at radius 3 is 2.67 bits per heavy atom. The van der Waals surface area contributed by atoms with E-state index < -0.39 is 6.43 Å². The molecule has 0 radical (unpaired) electrons. The predicted octanol–water partition coefficient (Wildman–Crippen LogP) is 2.20. The van der Waals surface area contributed by atoms with Gasteiger partial charge in [-0.05, 0) is 18.6 Å². The van der Waals surface area contributed by atoms with Crippen molar-refractivity contribution in [2.45, 2.75) is 13.3 Å². The van der Waals surface area contributed by atoms with Gasteiger partial charge in [-0.15, -0.1) is 0 Å². The molecule has 1 rings (SSSR count). The molecule has 1 aromatic rings. The van der Waals surface area contributed by atoms with Gasteiger partial charge in [0.1, 0.15) is 11.8 Å². The molecule has 0 bridgehead atoms. The van der Waals surface area contributed by atoms with Crippen molar-refractivity contribution in [2.24, 2.45) is 0 Å². The van der Waals surface area contributed by atoms with Gasteiger partial charge in [0.25, 0.3) is 6.43 Å². The number of pyridine rings is 1. The first-order valence-electron chi connectivity index (χ1n) is 3.30. The van der Waals surface area contributed by atoms with Crippen LogP contribution in [0, 0.1) is 18.3 Å². The topological polar surface area (TPSA) is 36.7 Å². The Morgan fingerprint density at radius 1 is 1.58 bits per heavy atom. The van der Waals surface area contributed by atoms with Gasteiger partial charge in [-0.3, -0.25) is 4.98 Å². The Kier molecular flexibility index (Phi) is 2.34. The van der Waals surface area contributed by atoms with Crippen molar-refractivity contribution < 1.29 is 8.78 Å². The van der Waals surface area contributed by atoms with E-state index in [-0.39, 0.29) is 5.69 Å². The molecule has 0 atom stereocenters. The smallest absolute Gasteiger partial charge is 0.254 e. The highest BCUT2D eigenvalue weighted by Crippen LogP contribution is 2.19. The van der Waals surface area contributed by atoms with Crippen molar-refractivity contribution >= 4 is 0 Å². The zero-order chi connectivity index (χ0) is 9.14. The number of aryl methyl sites for hydroxylation is 1. The lowest BCUT2D eigenvalue weighted by molar-refractivity contribution is 0.145. The second kappa shape index (κ2) is 3.26. The average Bonchev–Trinajstić information content (AvgIpc) is 2.03. The van der Waals surface area contributed by atoms with Crippen LogP contribution in [0.3, 0.4) is 0 Å². The summed E-state index contributed by atoms with van der Waals surface area (Å²) in [7, 11) is 0. The Bertz CT molecular complexity index is 328. The lowest BCUT2D eigenvalue weighted by Crippen LogP contribution is -1.94. The summed E-state index contributed by atoms with van der Waals surface area (Å²) in [6.45, 7) is 1.51. The molecule has 0 aromatic carbocycles. The maximum Gasteiger partial charge on any atom is 0.280 e. The van der Waals surface area contributed by atoms with E-state index in [1.807, 2.05) is 6.07 Å². The first-order chi connectivity index (χ1) is 5.65. The third-order valence-corrected chi connectivity index (χ3v) is 1.45. The fraction of sp³-hybridized carbons (Fsp3) is 0.250. The average molecular weight is 168 g/mol.